The van der Waals surface area contributed by atoms with Crippen molar-refractivity contribution in [1.29, 1.82) is 0 Å². The Hall–Kier alpha value is -6.46. The lowest BCUT2D eigenvalue weighted by Gasteiger charge is -2.26. The van der Waals surface area contributed by atoms with Crippen LogP contribution in [0.3, 0.4) is 0 Å². The van der Waals surface area contributed by atoms with Gasteiger partial charge < -0.3 is 59.4 Å². The molecule has 2 aromatic heterocycles. The third-order valence-electron chi connectivity index (χ3n) is 11.7. The maximum atomic E-state index is 14.6. The number of fused-ring (bicyclic) bond motifs is 4. The molecule has 7 rings (SSSR count). The molecule has 1 unspecified atom stereocenters. The van der Waals surface area contributed by atoms with Gasteiger partial charge in [-0.25, -0.2) is 0 Å². The van der Waals surface area contributed by atoms with E-state index in [1.807, 2.05) is 19.9 Å². The minimum absolute atomic E-state index is 0.0946. The number of H-pyrrole nitrogens is 2. The van der Waals surface area contributed by atoms with Crippen molar-refractivity contribution in [2.24, 2.45) is 11.8 Å². The highest BCUT2D eigenvalue weighted by molar-refractivity contribution is 6.19. The molecule has 65 heavy (non-hydrogen) atoms. The van der Waals surface area contributed by atoms with Crippen LogP contribution < -0.4 is 39.8 Å². The molecule has 0 saturated carbocycles. The number of methoxy groups -OCH3 is 3. The van der Waals surface area contributed by atoms with Gasteiger partial charge >= 0.3 is 0 Å². The highest BCUT2D eigenvalue weighted by Crippen LogP contribution is 2.48. The monoisotopic (exact) mass is 913 g/mol. The Labute approximate surface area is 381 Å². The fraction of sp³-hybridized carbons (Fsp3) is 0.426. The normalized spacial score (nSPS) is 15.8. The fourth-order valence-corrected chi connectivity index (χ4v) is 8.40. The number of amides is 5. The summed E-state index contributed by atoms with van der Waals surface area (Å²) in [6.07, 6.45) is 0. The summed E-state index contributed by atoms with van der Waals surface area (Å²) < 4.78 is 28.8. The highest BCUT2D eigenvalue weighted by atomic mass is 35.5. The molecule has 0 aliphatic carbocycles. The number of ether oxygens (including phenoxy) is 5. The number of aromatic nitrogens is 2. The van der Waals surface area contributed by atoms with Gasteiger partial charge in [0.25, 0.3) is 11.8 Å². The van der Waals surface area contributed by atoms with Gasteiger partial charge in [-0.2, -0.15) is 0 Å². The van der Waals surface area contributed by atoms with E-state index in [-0.39, 0.29) is 54.5 Å². The molecule has 5 amide bonds. The van der Waals surface area contributed by atoms with E-state index in [0.717, 1.165) is 11.1 Å². The Morgan fingerprint density at radius 2 is 1.46 bits per heavy atom. The highest BCUT2D eigenvalue weighted by Gasteiger charge is 2.37. The number of carbonyl (C=O) groups excluding carboxylic acids is 5. The number of halogens is 1. The maximum absolute atomic E-state index is 14.6. The molecular formula is C47H56ClN7O10. The summed E-state index contributed by atoms with van der Waals surface area (Å²) in [6, 6.07) is 12.5. The van der Waals surface area contributed by atoms with Crippen molar-refractivity contribution < 1.29 is 47.7 Å². The van der Waals surface area contributed by atoms with Crippen LogP contribution in [0, 0.1) is 11.8 Å². The number of alkyl halides is 1. The fourth-order valence-electron chi connectivity index (χ4n) is 8.14. The second-order valence-electron chi connectivity index (χ2n) is 16.8. The van der Waals surface area contributed by atoms with Crippen LogP contribution in [0.5, 0.6) is 23.0 Å². The first-order valence-electron chi connectivity index (χ1n) is 21.6. The van der Waals surface area contributed by atoms with Crippen molar-refractivity contribution in [2.45, 2.75) is 59.2 Å². The van der Waals surface area contributed by atoms with E-state index < -0.39 is 23.9 Å². The Kier molecular flexibility index (Phi) is 14.1. The zero-order valence-electron chi connectivity index (χ0n) is 37.8. The number of hydrogen-bond donors (Lipinski definition) is 5. The molecule has 0 bridgehead atoms. The lowest BCUT2D eigenvalue weighted by atomic mass is 9.98. The number of anilines is 2. The van der Waals surface area contributed by atoms with E-state index in [9.17, 15) is 24.0 Å². The van der Waals surface area contributed by atoms with Gasteiger partial charge in [0.1, 0.15) is 35.8 Å². The van der Waals surface area contributed by atoms with E-state index in [4.69, 9.17) is 35.3 Å². The molecule has 5 aromatic rings. The quantitative estimate of drug-likeness (QED) is 0.0736. The average molecular weight is 914 g/mol. The van der Waals surface area contributed by atoms with Gasteiger partial charge in [-0.05, 0) is 54.3 Å². The third-order valence-corrected chi connectivity index (χ3v) is 12.1. The minimum Gasteiger partial charge on any atom is -0.493 e. The van der Waals surface area contributed by atoms with Gasteiger partial charge in [0.05, 0.1) is 51.3 Å². The number of benzene rings is 3. The zero-order valence-corrected chi connectivity index (χ0v) is 38.6. The Bertz CT molecular complexity index is 2600. The van der Waals surface area contributed by atoms with Crippen molar-refractivity contribution in [1.82, 2.24) is 25.5 Å². The molecule has 1 saturated heterocycles. The summed E-state index contributed by atoms with van der Waals surface area (Å²) >= 11 is 6.65. The number of rotatable bonds is 16. The lowest BCUT2D eigenvalue weighted by Crippen LogP contribution is -2.54. The van der Waals surface area contributed by atoms with Crippen LogP contribution in [0.25, 0.3) is 21.8 Å². The SMILES string of the molecule is COc1cc2cc(C(=O)N3C[C@@H](CCl)c4c3cc(OCc3ccc(NC(=O)[C@@H](C)NC(=O)C(NC(=O)C(C)C)C(C)C)cc3)c3[nH]c(C(=O)N5CCOCC5)cc43)[nH]c2c(OC)c1OC. The molecule has 18 heteroatoms. The first-order valence-corrected chi connectivity index (χ1v) is 22.1. The smallest absolute Gasteiger partial charge is 0.274 e. The molecule has 346 valence electrons. The number of carbonyl (C=O) groups is 5. The first-order chi connectivity index (χ1) is 31.2. The Morgan fingerprint density at radius 1 is 0.785 bits per heavy atom. The van der Waals surface area contributed by atoms with Gasteiger partial charge in [0, 0.05) is 59.9 Å². The van der Waals surface area contributed by atoms with E-state index >= 15 is 0 Å². The van der Waals surface area contributed by atoms with Crippen LogP contribution in [0.1, 0.15) is 72.6 Å². The minimum atomic E-state index is -0.887. The van der Waals surface area contributed by atoms with E-state index in [2.05, 4.69) is 25.9 Å². The van der Waals surface area contributed by atoms with E-state index in [1.54, 1.807) is 73.0 Å². The van der Waals surface area contributed by atoms with Gasteiger partial charge in [0.15, 0.2) is 11.5 Å². The molecule has 17 nitrogen and oxygen atoms in total. The van der Waals surface area contributed by atoms with Crippen LogP contribution >= 0.6 is 11.6 Å². The molecule has 5 N–H and O–H groups in total. The average Bonchev–Trinajstić information content (AvgIpc) is 4.05. The third kappa shape index (κ3) is 9.52. The molecule has 0 radical (unpaired) electrons. The summed E-state index contributed by atoms with van der Waals surface area (Å²) in [5.41, 5.74) is 4.49. The molecule has 3 atom stereocenters. The molecule has 2 aliphatic rings. The number of nitrogens with one attached hydrogen (secondary N) is 5. The standard InChI is InChI=1S/C47H56ClN7O10/c1-24(2)38(53-43(56)25(3)4)45(58)49-26(5)44(57)50-30-11-9-27(10-12-30)23-65-35-20-34-37(31-19-33(52-40(31)35)46(59)54-13-15-64-16-14-54)29(21-48)22-55(34)47(60)32-17-28-18-36(61-6)41(62-7)42(63-8)39(28)51-32/h9-12,17-20,24-26,29,38,51-52H,13-16,21-23H2,1-8H3,(H,49,58)(H,50,57)(H,53,56)/t26-,29-,38?/m1/s1. The van der Waals surface area contributed by atoms with Crippen molar-refractivity contribution in [3.05, 3.63) is 71.0 Å². The number of hydrogen-bond acceptors (Lipinski definition) is 10. The second-order valence-corrected chi connectivity index (χ2v) is 17.1. The Balaban J connectivity index is 1.15. The van der Waals surface area contributed by atoms with Gasteiger partial charge in [0.2, 0.25) is 23.5 Å². The summed E-state index contributed by atoms with van der Waals surface area (Å²) in [5.74, 6) is -0.543. The number of morpholine rings is 1. The number of aromatic amines is 2. The molecule has 1 fully saturated rings. The molecule has 0 spiro atoms. The van der Waals surface area contributed by atoms with Crippen LogP contribution in [0.2, 0.25) is 0 Å². The molecule has 4 heterocycles. The van der Waals surface area contributed by atoms with Gasteiger partial charge in [-0.1, -0.05) is 39.8 Å². The van der Waals surface area contributed by atoms with Gasteiger partial charge in [-0.3, -0.25) is 24.0 Å². The summed E-state index contributed by atoms with van der Waals surface area (Å²) in [5, 5.41) is 9.70. The molecular weight excluding hydrogens is 858 g/mol. The predicted molar refractivity (Wildman–Crippen MR) is 247 cm³/mol. The van der Waals surface area contributed by atoms with Crippen molar-refractivity contribution >= 4 is 74.3 Å². The first kappa shape index (κ1) is 46.5. The number of nitrogens with zero attached hydrogens (tertiary/aromatic N) is 2. The van der Waals surface area contributed by atoms with Crippen LogP contribution in [0.4, 0.5) is 11.4 Å². The second kappa shape index (κ2) is 19.7. The van der Waals surface area contributed by atoms with Crippen molar-refractivity contribution in [3.8, 4) is 23.0 Å². The largest absolute Gasteiger partial charge is 0.493 e. The van der Waals surface area contributed by atoms with E-state index in [1.165, 1.54) is 21.3 Å². The molecule has 3 aromatic carbocycles. The van der Waals surface area contributed by atoms with Crippen molar-refractivity contribution in [2.75, 3.05) is 70.3 Å². The van der Waals surface area contributed by atoms with Crippen LogP contribution in [-0.4, -0.2) is 117 Å². The summed E-state index contributed by atoms with van der Waals surface area (Å²) in [4.78, 5) is 76.9. The summed E-state index contributed by atoms with van der Waals surface area (Å²) in [7, 11) is 4.56. The van der Waals surface area contributed by atoms with Crippen LogP contribution in [0.15, 0.2) is 48.5 Å². The van der Waals surface area contributed by atoms with Gasteiger partial charge in [-0.15, -0.1) is 11.6 Å². The maximum Gasteiger partial charge on any atom is 0.274 e. The lowest BCUT2D eigenvalue weighted by molar-refractivity contribution is -0.132. The Morgan fingerprint density at radius 3 is 2.09 bits per heavy atom. The topological polar surface area (TPSA) is 206 Å². The van der Waals surface area contributed by atoms with E-state index in [0.29, 0.717) is 93.9 Å². The van der Waals surface area contributed by atoms with Crippen molar-refractivity contribution in [3.63, 3.8) is 0 Å². The predicted octanol–water partition coefficient (Wildman–Crippen LogP) is 5.95. The van der Waals surface area contributed by atoms with Crippen LogP contribution in [-0.2, 0) is 25.7 Å². The zero-order chi connectivity index (χ0) is 46.7. The molecule has 2 aliphatic heterocycles. The summed E-state index contributed by atoms with van der Waals surface area (Å²) in [6.45, 7) is 10.9.